The van der Waals surface area contributed by atoms with Crippen molar-refractivity contribution in [1.82, 2.24) is 4.98 Å². The molecule has 4 rings (SSSR count). The van der Waals surface area contributed by atoms with E-state index in [-0.39, 0.29) is 22.8 Å². The van der Waals surface area contributed by atoms with Crippen LogP contribution in [0.15, 0.2) is 72.4 Å². The lowest BCUT2D eigenvalue weighted by atomic mass is 9.98. The van der Waals surface area contributed by atoms with Crippen LogP contribution in [-0.2, 0) is 9.59 Å². The zero-order chi connectivity index (χ0) is 23.5. The number of aliphatic hydroxyl groups excluding tert-OH is 1. The minimum Gasteiger partial charge on any atom is -0.507 e. The van der Waals surface area contributed by atoms with E-state index in [0.717, 1.165) is 12.0 Å². The van der Waals surface area contributed by atoms with Gasteiger partial charge in [-0.25, -0.2) is 0 Å². The van der Waals surface area contributed by atoms with Crippen LogP contribution in [0.25, 0.3) is 5.76 Å². The van der Waals surface area contributed by atoms with Crippen LogP contribution in [-0.4, -0.2) is 33.5 Å². The third kappa shape index (κ3) is 4.17. The molecular weight excluding hydrogens is 420 g/mol. The maximum atomic E-state index is 13.1. The molecule has 1 amide bonds. The van der Waals surface area contributed by atoms with E-state index in [9.17, 15) is 19.8 Å². The Bertz CT molecular complexity index is 1220. The Hall–Kier alpha value is -4.13. The first kappa shape index (κ1) is 22.1. The summed E-state index contributed by atoms with van der Waals surface area (Å²) in [6.45, 7) is 4.39. The number of anilines is 1. The fourth-order valence-corrected chi connectivity index (χ4v) is 3.81. The number of ether oxygens (including phenoxy) is 1. The number of Topliss-reactive ketones (excluding diaryl/α,β-unsaturated/α-hetero) is 1. The first-order valence-electron chi connectivity index (χ1n) is 10.7. The van der Waals surface area contributed by atoms with Crippen molar-refractivity contribution in [2.75, 3.05) is 11.5 Å². The maximum Gasteiger partial charge on any atom is 0.300 e. The SMILES string of the molecule is CCCOc1ccc(/C(O)=C2\C(=O)C(=O)N(c3cc(C)ccc3O)C2c2ccccn2)cc1. The second-order valence-corrected chi connectivity index (χ2v) is 7.79. The Balaban J connectivity index is 1.86. The molecule has 0 saturated carbocycles. The van der Waals surface area contributed by atoms with E-state index in [4.69, 9.17) is 4.74 Å². The fraction of sp³-hybridized carbons (Fsp3) is 0.192. The van der Waals surface area contributed by atoms with Crippen molar-refractivity contribution in [3.05, 3.63) is 89.3 Å². The van der Waals surface area contributed by atoms with E-state index in [1.54, 1.807) is 60.8 Å². The number of carbonyl (C=O) groups excluding carboxylic acids is 2. The highest BCUT2D eigenvalue weighted by Crippen LogP contribution is 2.44. The van der Waals surface area contributed by atoms with E-state index in [0.29, 0.717) is 23.6 Å². The van der Waals surface area contributed by atoms with Gasteiger partial charge < -0.3 is 14.9 Å². The van der Waals surface area contributed by atoms with Gasteiger partial charge >= 0.3 is 0 Å². The number of benzene rings is 2. The number of ketones is 1. The van der Waals surface area contributed by atoms with Crippen molar-refractivity contribution in [3.63, 3.8) is 0 Å². The van der Waals surface area contributed by atoms with Gasteiger partial charge in [0.2, 0.25) is 0 Å². The lowest BCUT2D eigenvalue weighted by Crippen LogP contribution is -2.30. The number of pyridine rings is 1. The minimum atomic E-state index is -1.00. The van der Waals surface area contributed by atoms with Gasteiger partial charge in [-0.05, 0) is 67.4 Å². The molecule has 0 bridgehead atoms. The molecule has 7 heteroatoms. The number of phenols is 1. The highest BCUT2D eigenvalue weighted by atomic mass is 16.5. The van der Waals surface area contributed by atoms with Crippen LogP contribution in [0, 0.1) is 6.92 Å². The van der Waals surface area contributed by atoms with Crippen LogP contribution in [0.1, 0.15) is 36.2 Å². The van der Waals surface area contributed by atoms with Gasteiger partial charge in [0.25, 0.3) is 11.7 Å². The number of phenolic OH excluding ortho intramolecular Hbond substituents is 1. The van der Waals surface area contributed by atoms with Crippen molar-refractivity contribution in [3.8, 4) is 11.5 Å². The van der Waals surface area contributed by atoms with Crippen LogP contribution >= 0.6 is 0 Å². The Labute approximate surface area is 191 Å². The molecule has 7 nitrogen and oxygen atoms in total. The predicted octanol–water partition coefficient (Wildman–Crippen LogP) is 4.51. The van der Waals surface area contributed by atoms with Gasteiger partial charge in [0.15, 0.2) is 0 Å². The third-order valence-corrected chi connectivity index (χ3v) is 5.40. The second kappa shape index (κ2) is 9.16. The summed E-state index contributed by atoms with van der Waals surface area (Å²) in [5.74, 6) is -1.53. The maximum absolute atomic E-state index is 13.1. The molecule has 0 spiro atoms. The number of hydrogen-bond acceptors (Lipinski definition) is 6. The molecule has 1 aromatic heterocycles. The Morgan fingerprint density at radius 3 is 2.52 bits per heavy atom. The average molecular weight is 444 g/mol. The number of aromatic nitrogens is 1. The molecule has 2 heterocycles. The molecule has 168 valence electrons. The Morgan fingerprint density at radius 1 is 1.09 bits per heavy atom. The molecule has 1 atom stereocenters. The first-order chi connectivity index (χ1) is 15.9. The normalized spacial score (nSPS) is 17.4. The molecule has 3 aromatic rings. The monoisotopic (exact) mass is 444 g/mol. The third-order valence-electron chi connectivity index (χ3n) is 5.40. The van der Waals surface area contributed by atoms with Crippen molar-refractivity contribution in [1.29, 1.82) is 0 Å². The number of aliphatic hydroxyl groups is 1. The summed E-state index contributed by atoms with van der Waals surface area (Å²) >= 11 is 0. The summed E-state index contributed by atoms with van der Waals surface area (Å²) in [4.78, 5) is 31.8. The zero-order valence-electron chi connectivity index (χ0n) is 18.4. The van der Waals surface area contributed by atoms with Crippen LogP contribution in [0.4, 0.5) is 5.69 Å². The molecule has 2 N–H and O–H groups in total. The number of aromatic hydroxyl groups is 1. The van der Waals surface area contributed by atoms with E-state index in [1.165, 1.54) is 11.0 Å². The van der Waals surface area contributed by atoms with Crippen molar-refractivity contribution in [2.24, 2.45) is 0 Å². The van der Waals surface area contributed by atoms with Crippen LogP contribution < -0.4 is 9.64 Å². The molecule has 1 saturated heterocycles. The Kier molecular flexibility index (Phi) is 6.13. The molecule has 1 aliphatic rings. The molecule has 1 unspecified atom stereocenters. The highest BCUT2D eigenvalue weighted by Gasteiger charge is 2.48. The standard InChI is InChI=1S/C26H24N2O5/c1-3-14-33-18-10-8-17(9-11-18)24(30)22-23(19-6-4-5-13-27-19)28(26(32)25(22)31)20-15-16(2)7-12-21(20)29/h4-13,15,23,29-30H,3,14H2,1-2H3/b24-22+. The topological polar surface area (TPSA) is 100.0 Å². The molecule has 1 fully saturated rings. The highest BCUT2D eigenvalue weighted by molar-refractivity contribution is 6.51. The number of aryl methyl sites for hydroxylation is 1. The average Bonchev–Trinajstić information content (AvgIpc) is 3.10. The van der Waals surface area contributed by atoms with Gasteiger partial charge in [-0.15, -0.1) is 0 Å². The van der Waals surface area contributed by atoms with E-state index < -0.39 is 17.7 Å². The molecular formula is C26H24N2O5. The molecule has 33 heavy (non-hydrogen) atoms. The smallest absolute Gasteiger partial charge is 0.300 e. The minimum absolute atomic E-state index is 0.0955. The van der Waals surface area contributed by atoms with E-state index in [1.807, 2.05) is 13.8 Å². The van der Waals surface area contributed by atoms with Crippen LogP contribution in [0.2, 0.25) is 0 Å². The lowest BCUT2D eigenvalue weighted by molar-refractivity contribution is -0.132. The zero-order valence-corrected chi connectivity index (χ0v) is 18.4. The van der Waals surface area contributed by atoms with E-state index >= 15 is 0 Å². The summed E-state index contributed by atoms with van der Waals surface area (Å²) in [5, 5.41) is 21.6. The molecule has 0 aliphatic carbocycles. The Morgan fingerprint density at radius 2 is 1.85 bits per heavy atom. The summed E-state index contributed by atoms with van der Waals surface area (Å²) in [6.07, 6.45) is 2.41. The lowest BCUT2D eigenvalue weighted by Gasteiger charge is -2.25. The summed E-state index contributed by atoms with van der Waals surface area (Å²) in [7, 11) is 0. The number of carbonyl (C=O) groups is 2. The number of hydrogen-bond donors (Lipinski definition) is 2. The number of rotatable bonds is 6. The van der Waals surface area contributed by atoms with E-state index in [2.05, 4.69) is 4.98 Å². The van der Waals surface area contributed by atoms with Gasteiger partial charge in [0.05, 0.1) is 23.6 Å². The van der Waals surface area contributed by atoms with Gasteiger partial charge in [-0.3, -0.25) is 19.5 Å². The van der Waals surface area contributed by atoms with Crippen LogP contribution in [0.3, 0.4) is 0 Å². The van der Waals surface area contributed by atoms with Crippen molar-refractivity contribution in [2.45, 2.75) is 26.3 Å². The van der Waals surface area contributed by atoms with Crippen LogP contribution in [0.5, 0.6) is 11.5 Å². The molecule has 0 radical (unpaired) electrons. The van der Waals surface area contributed by atoms with Gasteiger partial charge in [-0.1, -0.05) is 19.1 Å². The second-order valence-electron chi connectivity index (χ2n) is 7.79. The van der Waals surface area contributed by atoms with Crippen molar-refractivity contribution < 1.29 is 24.5 Å². The fourth-order valence-electron chi connectivity index (χ4n) is 3.81. The van der Waals surface area contributed by atoms with Crippen molar-refractivity contribution >= 4 is 23.1 Å². The first-order valence-corrected chi connectivity index (χ1v) is 10.7. The van der Waals surface area contributed by atoms with Gasteiger partial charge in [-0.2, -0.15) is 0 Å². The largest absolute Gasteiger partial charge is 0.507 e. The quantitative estimate of drug-likeness (QED) is 0.330. The number of amides is 1. The summed E-state index contributed by atoms with van der Waals surface area (Å²) in [5.41, 5.74) is 1.64. The molecule has 1 aliphatic heterocycles. The molecule has 2 aromatic carbocycles. The van der Waals surface area contributed by atoms with Gasteiger partial charge in [0, 0.05) is 11.8 Å². The predicted molar refractivity (Wildman–Crippen MR) is 124 cm³/mol. The summed E-state index contributed by atoms with van der Waals surface area (Å²) < 4.78 is 5.58. The van der Waals surface area contributed by atoms with Gasteiger partial charge in [0.1, 0.15) is 23.3 Å². The number of nitrogens with zero attached hydrogens (tertiary/aromatic N) is 2. The summed E-state index contributed by atoms with van der Waals surface area (Å²) in [6, 6.07) is 15.6.